The molecule has 0 saturated heterocycles. The van der Waals surface area contributed by atoms with Crippen molar-refractivity contribution in [3.8, 4) is 0 Å². The van der Waals surface area contributed by atoms with E-state index in [1.807, 2.05) is 19.1 Å². The van der Waals surface area contributed by atoms with Crippen LogP contribution in [0.1, 0.15) is 37.9 Å². The summed E-state index contributed by atoms with van der Waals surface area (Å²) in [6.45, 7) is 9.15. The van der Waals surface area contributed by atoms with Gasteiger partial charge in [0.2, 0.25) is 0 Å². The van der Waals surface area contributed by atoms with E-state index >= 15 is 0 Å². The molecule has 2 nitrogen and oxygen atoms in total. The molecule has 1 unspecified atom stereocenters. The van der Waals surface area contributed by atoms with Crippen LogP contribution in [0, 0.1) is 6.92 Å². The first-order valence-electron chi connectivity index (χ1n) is 5.97. The molecular weight excluding hydrogens is 234 g/mol. The van der Waals surface area contributed by atoms with Gasteiger partial charge >= 0.3 is 0 Å². The minimum absolute atomic E-state index is 0.135. The van der Waals surface area contributed by atoms with E-state index < -0.39 is 0 Å². The smallest absolute Gasteiger partial charge is 0.0816 e. The standard InChI is InChI=1S/C14H22ClNO/c1-6-16-13(14(3,4)17-5)11-8-7-10(2)12(15)9-11/h7-9,13,16H,6H2,1-5H3. The van der Waals surface area contributed by atoms with E-state index in [1.165, 1.54) is 0 Å². The third-order valence-electron chi connectivity index (χ3n) is 3.16. The fraction of sp³-hybridized carbons (Fsp3) is 0.571. The summed E-state index contributed by atoms with van der Waals surface area (Å²) in [5, 5.41) is 4.26. The maximum Gasteiger partial charge on any atom is 0.0816 e. The summed E-state index contributed by atoms with van der Waals surface area (Å²) in [4.78, 5) is 0. The Hall–Kier alpha value is -0.570. The van der Waals surface area contributed by atoms with Crippen molar-refractivity contribution in [1.82, 2.24) is 5.32 Å². The van der Waals surface area contributed by atoms with E-state index in [4.69, 9.17) is 16.3 Å². The molecule has 0 amide bonds. The van der Waals surface area contributed by atoms with Gasteiger partial charge in [-0.3, -0.25) is 0 Å². The zero-order chi connectivity index (χ0) is 13.1. The zero-order valence-corrected chi connectivity index (χ0v) is 12.1. The average Bonchev–Trinajstić information content (AvgIpc) is 2.29. The topological polar surface area (TPSA) is 21.3 Å². The first-order chi connectivity index (χ1) is 7.92. The van der Waals surface area contributed by atoms with Gasteiger partial charge in [0.15, 0.2) is 0 Å². The first kappa shape index (κ1) is 14.5. The third kappa shape index (κ3) is 3.44. The Labute approximate surface area is 109 Å². The second-order valence-corrected chi connectivity index (χ2v) is 5.21. The molecule has 17 heavy (non-hydrogen) atoms. The van der Waals surface area contributed by atoms with Crippen LogP contribution < -0.4 is 5.32 Å². The summed E-state index contributed by atoms with van der Waals surface area (Å²) < 4.78 is 5.57. The van der Waals surface area contributed by atoms with Gasteiger partial charge in [0.05, 0.1) is 11.6 Å². The molecule has 0 heterocycles. The number of halogens is 1. The Morgan fingerprint density at radius 2 is 2.06 bits per heavy atom. The maximum atomic E-state index is 6.18. The van der Waals surface area contributed by atoms with Gasteiger partial charge in [0.1, 0.15) is 0 Å². The molecule has 1 aromatic rings. The van der Waals surface area contributed by atoms with Crippen LogP contribution >= 0.6 is 11.6 Å². The highest BCUT2D eigenvalue weighted by Gasteiger charge is 2.30. The van der Waals surface area contributed by atoms with Crippen LogP contribution in [0.15, 0.2) is 18.2 Å². The molecule has 1 atom stereocenters. The Morgan fingerprint density at radius 3 is 2.53 bits per heavy atom. The summed E-state index contributed by atoms with van der Waals surface area (Å²) in [6.07, 6.45) is 0. The van der Waals surface area contributed by atoms with Crippen LogP contribution in [0.4, 0.5) is 0 Å². The van der Waals surface area contributed by atoms with Crippen LogP contribution in [-0.4, -0.2) is 19.3 Å². The van der Waals surface area contributed by atoms with Crippen LogP contribution in [0.3, 0.4) is 0 Å². The number of aryl methyl sites for hydroxylation is 1. The van der Waals surface area contributed by atoms with Gasteiger partial charge in [0, 0.05) is 12.1 Å². The summed E-state index contributed by atoms with van der Waals surface area (Å²) in [5.74, 6) is 0. The highest BCUT2D eigenvalue weighted by molar-refractivity contribution is 6.31. The lowest BCUT2D eigenvalue weighted by molar-refractivity contribution is -0.0106. The van der Waals surface area contributed by atoms with E-state index in [-0.39, 0.29) is 11.6 Å². The van der Waals surface area contributed by atoms with Crippen molar-refractivity contribution in [2.75, 3.05) is 13.7 Å². The van der Waals surface area contributed by atoms with E-state index in [9.17, 15) is 0 Å². The van der Waals surface area contributed by atoms with E-state index in [0.717, 1.165) is 22.7 Å². The summed E-state index contributed by atoms with van der Waals surface area (Å²) >= 11 is 6.18. The summed E-state index contributed by atoms with van der Waals surface area (Å²) in [7, 11) is 1.74. The van der Waals surface area contributed by atoms with Crippen LogP contribution in [0.5, 0.6) is 0 Å². The zero-order valence-electron chi connectivity index (χ0n) is 11.3. The van der Waals surface area contributed by atoms with Gasteiger partial charge in [0.25, 0.3) is 0 Å². The lowest BCUT2D eigenvalue weighted by Gasteiger charge is -2.34. The molecule has 0 saturated carbocycles. The predicted molar refractivity (Wildman–Crippen MR) is 73.7 cm³/mol. The molecule has 0 bridgehead atoms. The monoisotopic (exact) mass is 255 g/mol. The number of nitrogens with one attached hydrogen (secondary N) is 1. The number of likely N-dealkylation sites (N-methyl/N-ethyl adjacent to an activating group) is 1. The van der Waals surface area contributed by atoms with Crippen molar-refractivity contribution in [3.05, 3.63) is 34.3 Å². The van der Waals surface area contributed by atoms with Crippen molar-refractivity contribution in [2.24, 2.45) is 0 Å². The normalized spacial score (nSPS) is 13.8. The number of hydrogen-bond donors (Lipinski definition) is 1. The van der Waals surface area contributed by atoms with Gasteiger partial charge in [-0.15, -0.1) is 0 Å². The Balaban J connectivity index is 3.09. The molecule has 1 aromatic carbocycles. The van der Waals surface area contributed by atoms with Crippen molar-refractivity contribution in [2.45, 2.75) is 39.3 Å². The summed E-state index contributed by atoms with van der Waals surface area (Å²) in [6, 6.07) is 6.31. The first-order valence-corrected chi connectivity index (χ1v) is 6.34. The molecule has 0 aromatic heterocycles. The largest absolute Gasteiger partial charge is 0.377 e. The third-order valence-corrected chi connectivity index (χ3v) is 3.57. The van der Waals surface area contributed by atoms with Gasteiger partial charge < -0.3 is 10.1 Å². The molecule has 3 heteroatoms. The number of hydrogen-bond acceptors (Lipinski definition) is 2. The van der Waals surface area contributed by atoms with Gasteiger partial charge in [-0.2, -0.15) is 0 Å². The minimum atomic E-state index is -0.269. The van der Waals surface area contributed by atoms with E-state index in [1.54, 1.807) is 7.11 Å². The van der Waals surface area contributed by atoms with Gasteiger partial charge in [-0.05, 0) is 44.5 Å². The second-order valence-electron chi connectivity index (χ2n) is 4.81. The highest BCUT2D eigenvalue weighted by atomic mass is 35.5. The Kier molecular flexibility index (Phi) is 4.99. The van der Waals surface area contributed by atoms with Crippen LogP contribution in [-0.2, 0) is 4.74 Å². The van der Waals surface area contributed by atoms with Crippen molar-refractivity contribution >= 4 is 11.6 Å². The van der Waals surface area contributed by atoms with Crippen molar-refractivity contribution < 1.29 is 4.74 Å². The van der Waals surface area contributed by atoms with Gasteiger partial charge in [-0.1, -0.05) is 30.7 Å². The van der Waals surface area contributed by atoms with E-state index in [2.05, 4.69) is 32.2 Å². The predicted octanol–water partition coefficient (Wildman–Crippen LogP) is 3.72. The number of rotatable bonds is 5. The molecule has 0 aliphatic rings. The molecule has 0 aliphatic carbocycles. The molecule has 0 radical (unpaired) electrons. The highest BCUT2D eigenvalue weighted by Crippen LogP contribution is 2.30. The SMILES string of the molecule is CCNC(c1ccc(C)c(Cl)c1)C(C)(C)OC. The molecule has 1 N–H and O–H groups in total. The second kappa shape index (κ2) is 5.85. The molecule has 0 spiro atoms. The van der Waals surface area contributed by atoms with Crippen LogP contribution in [0.25, 0.3) is 0 Å². The lowest BCUT2D eigenvalue weighted by Crippen LogP contribution is -2.40. The molecule has 96 valence electrons. The fourth-order valence-corrected chi connectivity index (χ4v) is 2.06. The van der Waals surface area contributed by atoms with E-state index in [0.29, 0.717) is 0 Å². The number of ether oxygens (including phenoxy) is 1. The van der Waals surface area contributed by atoms with Crippen molar-refractivity contribution in [3.63, 3.8) is 0 Å². The quantitative estimate of drug-likeness (QED) is 0.866. The molecular formula is C14H22ClNO. The van der Waals surface area contributed by atoms with Crippen molar-refractivity contribution in [1.29, 1.82) is 0 Å². The molecule has 1 rings (SSSR count). The Bertz CT molecular complexity index is 376. The average molecular weight is 256 g/mol. The lowest BCUT2D eigenvalue weighted by atomic mass is 9.91. The fourth-order valence-electron chi connectivity index (χ4n) is 1.88. The van der Waals surface area contributed by atoms with Gasteiger partial charge in [-0.25, -0.2) is 0 Å². The van der Waals surface area contributed by atoms with Crippen LogP contribution in [0.2, 0.25) is 5.02 Å². The Morgan fingerprint density at radius 1 is 1.41 bits per heavy atom. The number of methoxy groups -OCH3 is 1. The number of benzene rings is 1. The summed E-state index contributed by atoms with van der Waals surface area (Å²) in [5.41, 5.74) is 1.99. The molecule has 0 fully saturated rings. The molecule has 0 aliphatic heterocycles. The minimum Gasteiger partial charge on any atom is -0.377 e. The maximum absolute atomic E-state index is 6.18.